The van der Waals surface area contributed by atoms with Gasteiger partial charge in [-0.3, -0.25) is 4.79 Å². The maximum atomic E-state index is 11.3. The molecule has 0 aliphatic heterocycles. The van der Waals surface area contributed by atoms with E-state index in [2.05, 4.69) is 25.3 Å². The second kappa shape index (κ2) is 9.09. The van der Waals surface area contributed by atoms with Crippen molar-refractivity contribution in [1.82, 2.24) is 19.9 Å². The number of hydrogen-bond donors (Lipinski definition) is 2. The summed E-state index contributed by atoms with van der Waals surface area (Å²) in [6.45, 7) is 3.85. The highest BCUT2D eigenvalue weighted by atomic mass is 16.5. The number of ether oxygens (including phenoxy) is 1. The number of methoxy groups -OCH3 is 1. The van der Waals surface area contributed by atoms with Crippen molar-refractivity contribution < 1.29 is 14.6 Å². The van der Waals surface area contributed by atoms with E-state index in [1.807, 2.05) is 38.1 Å². The first-order valence-corrected chi connectivity index (χ1v) is 9.28. The minimum Gasteiger partial charge on any atom is -0.481 e. The van der Waals surface area contributed by atoms with Crippen LogP contribution in [0.3, 0.4) is 0 Å². The summed E-state index contributed by atoms with van der Waals surface area (Å²) in [5, 5.41) is 12.5. The van der Waals surface area contributed by atoms with Crippen molar-refractivity contribution in [2.45, 2.75) is 26.7 Å². The number of aromatic nitrogens is 4. The molecule has 0 saturated heterocycles. The predicted octanol–water partition coefficient (Wildman–Crippen LogP) is 3.65. The van der Waals surface area contributed by atoms with Gasteiger partial charge in [0.2, 0.25) is 11.8 Å². The number of anilines is 2. The van der Waals surface area contributed by atoms with Crippen LogP contribution in [0.1, 0.15) is 24.6 Å². The molecule has 8 heteroatoms. The van der Waals surface area contributed by atoms with Gasteiger partial charge in [0.25, 0.3) is 0 Å². The van der Waals surface area contributed by atoms with Crippen LogP contribution in [0.2, 0.25) is 0 Å². The Bertz CT molecular complexity index is 1010. The van der Waals surface area contributed by atoms with Gasteiger partial charge in [-0.05, 0) is 43.2 Å². The number of carboxylic acid groups (broad SMARTS) is 1. The monoisotopic (exact) mass is 393 g/mol. The van der Waals surface area contributed by atoms with E-state index in [1.54, 1.807) is 19.4 Å². The fourth-order valence-electron chi connectivity index (χ4n) is 2.97. The van der Waals surface area contributed by atoms with E-state index in [4.69, 9.17) is 4.74 Å². The van der Waals surface area contributed by atoms with Gasteiger partial charge in [-0.2, -0.15) is 4.98 Å². The van der Waals surface area contributed by atoms with E-state index in [-0.39, 0.29) is 0 Å². The highest BCUT2D eigenvalue weighted by molar-refractivity contribution is 5.71. The zero-order chi connectivity index (χ0) is 20.8. The molecular formula is C21H23N5O3. The maximum absolute atomic E-state index is 11.3. The molecule has 0 spiro atoms. The molecule has 0 radical (unpaired) electrons. The molecule has 0 aliphatic rings. The summed E-state index contributed by atoms with van der Waals surface area (Å²) in [5.74, 6) is -0.373. The van der Waals surface area contributed by atoms with Crippen molar-refractivity contribution in [1.29, 1.82) is 0 Å². The van der Waals surface area contributed by atoms with Crippen molar-refractivity contribution >= 4 is 17.6 Å². The summed E-state index contributed by atoms with van der Waals surface area (Å²) in [4.78, 5) is 28.4. The number of nitrogens with one attached hydrogen (secondary N) is 1. The maximum Gasteiger partial charge on any atom is 0.306 e. The molecule has 0 aliphatic carbocycles. The number of carbonyl (C=O) groups is 1. The van der Waals surface area contributed by atoms with Crippen LogP contribution in [0.4, 0.5) is 11.6 Å². The number of rotatable bonds is 8. The number of hydrogen-bond acceptors (Lipinski definition) is 7. The second-order valence-electron chi connectivity index (χ2n) is 6.68. The highest BCUT2D eigenvalue weighted by Gasteiger charge is 2.17. The van der Waals surface area contributed by atoms with E-state index >= 15 is 0 Å². The molecule has 1 aromatic carbocycles. The minimum atomic E-state index is -0.812. The first kappa shape index (κ1) is 20.2. The molecule has 2 aromatic heterocycles. The van der Waals surface area contributed by atoms with Gasteiger partial charge >= 0.3 is 5.97 Å². The Kier molecular flexibility index (Phi) is 6.33. The van der Waals surface area contributed by atoms with E-state index in [1.165, 1.54) is 6.33 Å². The molecule has 8 nitrogen and oxygen atoms in total. The molecule has 0 fully saturated rings. The molecular weight excluding hydrogens is 370 g/mol. The molecule has 3 rings (SSSR count). The van der Waals surface area contributed by atoms with Gasteiger partial charge in [-0.1, -0.05) is 6.92 Å². The summed E-state index contributed by atoms with van der Waals surface area (Å²) in [6, 6.07) is 9.45. The van der Waals surface area contributed by atoms with Crippen LogP contribution in [-0.2, 0) is 11.2 Å². The average Bonchev–Trinajstić information content (AvgIpc) is 2.71. The molecule has 150 valence electrons. The van der Waals surface area contributed by atoms with Crippen LogP contribution in [0.25, 0.3) is 11.3 Å². The van der Waals surface area contributed by atoms with Gasteiger partial charge in [0.05, 0.1) is 18.7 Å². The Morgan fingerprint density at radius 2 is 2.03 bits per heavy atom. The zero-order valence-corrected chi connectivity index (χ0v) is 16.6. The summed E-state index contributed by atoms with van der Waals surface area (Å²) in [7, 11) is 1.55. The molecule has 1 unspecified atom stereocenters. The third-order valence-electron chi connectivity index (χ3n) is 4.49. The summed E-state index contributed by atoms with van der Waals surface area (Å²) < 4.78 is 5.13. The SMILES string of the molecule is CCC(Cc1cc(-c2cc(C)cc(Nc3nccc(OC)n3)c2)ncn1)C(=O)O. The molecule has 2 heterocycles. The van der Waals surface area contributed by atoms with Crippen molar-refractivity contribution in [2.24, 2.45) is 5.92 Å². The molecule has 0 saturated carbocycles. The Morgan fingerprint density at radius 1 is 1.21 bits per heavy atom. The lowest BCUT2D eigenvalue weighted by Gasteiger charge is -2.11. The topological polar surface area (TPSA) is 110 Å². The van der Waals surface area contributed by atoms with Crippen LogP contribution in [-0.4, -0.2) is 38.1 Å². The lowest BCUT2D eigenvalue weighted by atomic mass is 9.99. The Labute approximate surface area is 169 Å². The van der Waals surface area contributed by atoms with Crippen LogP contribution in [0, 0.1) is 12.8 Å². The van der Waals surface area contributed by atoms with Gasteiger partial charge in [0.1, 0.15) is 6.33 Å². The Balaban J connectivity index is 1.87. The molecule has 1 atom stereocenters. The molecule has 0 bridgehead atoms. The third-order valence-corrected chi connectivity index (χ3v) is 4.49. The van der Waals surface area contributed by atoms with Crippen molar-refractivity contribution in [3.05, 3.63) is 54.1 Å². The number of carboxylic acids is 1. The first-order valence-electron chi connectivity index (χ1n) is 9.28. The number of nitrogens with zero attached hydrogens (tertiary/aromatic N) is 4. The van der Waals surface area contributed by atoms with Gasteiger partial charge in [-0.15, -0.1) is 0 Å². The van der Waals surface area contributed by atoms with Gasteiger partial charge < -0.3 is 15.2 Å². The lowest BCUT2D eigenvalue weighted by Crippen LogP contribution is -2.16. The summed E-state index contributed by atoms with van der Waals surface area (Å²) in [6.07, 6.45) is 4.01. The number of aryl methyl sites for hydroxylation is 1. The molecule has 3 aromatic rings. The quantitative estimate of drug-likeness (QED) is 0.597. The molecule has 29 heavy (non-hydrogen) atoms. The molecule has 0 amide bonds. The second-order valence-corrected chi connectivity index (χ2v) is 6.68. The number of benzene rings is 1. The smallest absolute Gasteiger partial charge is 0.306 e. The van der Waals surface area contributed by atoms with Gasteiger partial charge in [0.15, 0.2) is 0 Å². The predicted molar refractivity (Wildman–Crippen MR) is 109 cm³/mol. The van der Waals surface area contributed by atoms with Crippen molar-refractivity contribution in [3.8, 4) is 17.1 Å². The number of aliphatic carboxylic acids is 1. The van der Waals surface area contributed by atoms with Crippen molar-refractivity contribution in [2.75, 3.05) is 12.4 Å². The van der Waals surface area contributed by atoms with Gasteiger partial charge in [-0.25, -0.2) is 15.0 Å². The van der Waals surface area contributed by atoms with Gasteiger partial charge in [0, 0.05) is 35.6 Å². The standard InChI is InChI=1S/C21H23N5O3/c1-4-14(20(27)28)9-16-11-18(24-12-23-16)15-7-13(2)8-17(10-15)25-21-22-6-5-19(26-21)29-3/h5-8,10-12,14H,4,9H2,1-3H3,(H,27,28)(H,22,25,26). The largest absolute Gasteiger partial charge is 0.481 e. The fraction of sp³-hybridized carbons (Fsp3) is 0.286. The Hall–Kier alpha value is -3.55. The van der Waals surface area contributed by atoms with Crippen LogP contribution in [0.5, 0.6) is 5.88 Å². The third kappa shape index (κ3) is 5.25. The first-order chi connectivity index (χ1) is 14.0. The van der Waals surface area contributed by atoms with Crippen molar-refractivity contribution in [3.63, 3.8) is 0 Å². The van der Waals surface area contributed by atoms with Crippen LogP contribution >= 0.6 is 0 Å². The lowest BCUT2D eigenvalue weighted by molar-refractivity contribution is -0.141. The summed E-state index contributed by atoms with van der Waals surface area (Å²) in [5.41, 5.74) is 4.17. The van der Waals surface area contributed by atoms with Crippen LogP contribution in [0.15, 0.2) is 42.9 Å². The minimum absolute atomic E-state index is 0.371. The average molecular weight is 393 g/mol. The van der Waals surface area contributed by atoms with E-state index in [9.17, 15) is 9.90 Å². The molecule has 2 N–H and O–H groups in total. The fourth-order valence-corrected chi connectivity index (χ4v) is 2.97. The van der Waals surface area contributed by atoms with E-state index in [0.29, 0.717) is 30.4 Å². The zero-order valence-electron chi connectivity index (χ0n) is 16.6. The van der Waals surface area contributed by atoms with E-state index < -0.39 is 11.9 Å². The normalized spacial score (nSPS) is 11.7. The Morgan fingerprint density at radius 3 is 2.76 bits per heavy atom. The highest BCUT2D eigenvalue weighted by Crippen LogP contribution is 2.26. The summed E-state index contributed by atoms with van der Waals surface area (Å²) >= 11 is 0. The van der Waals surface area contributed by atoms with Crippen LogP contribution < -0.4 is 10.1 Å². The van der Waals surface area contributed by atoms with E-state index in [0.717, 1.165) is 22.5 Å².